The first-order valence-corrected chi connectivity index (χ1v) is 12.2. The van der Waals surface area contributed by atoms with Crippen molar-refractivity contribution >= 4 is 17.4 Å². The molecule has 2 aliphatic rings. The van der Waals surface area contributed by atoms with Crippen molar-refractivity contribution < 1.29 is 42.0 Å². The van der Waals surface area contributed by atoms with Gasteiger partial charge in [0.1, 0.15) is 13.1 Å². The number of hydrogen-bond donors (Lipinski definition) is 2. The second-order valence-electron chi connectivity index (χ2n) is 9.05. The van der Waals surface area contributed by atoms with Gasteiger partial charge in [-0.1, -0.05) is 51.6 Å². The first-order valence-electron chi connectivity index (χ1n) is 12.2. The molecule has 1 fully saturated rings. The van der Waals surface area contributed by atoms with E-state index in [1.54, 1.807) is 0 Å². The fourth-order valence-corrected chi connectivity index (χ4v) is 5.23. The predicted octanol–water partition coefficient (Wildman–Crippen LogP) is 7.27. The number of para-hydroxylation sites is 1. The molecule has 1 radical (unpaired) electrons. The molecule has 0 aliphatic carbocycles. The first kappa shape index (κ1) is 29.2. The fourth-order valence-electron chi connectivity index (χ4n) is 5.23. The van der Waals surface area contributed by atoms with Crippen LogP contribution >= 0.6 is 0 Å². The van der Waals surface area contributed by atoms with E-state index in [1.165, 1.54) is 49.0 Å². The van der Waals surface area contributed by atoms with Gasteiger partial charge < -0.3 is 15.1 Å². The monoisotopic (exact) mass is 546 g/mol. The number of piperidine rings is 1. The largest absolute Gasteiger partial charge is 0.323 e. The van der Waals surface area contributed by atoms with Gasteiger partial charge in [-0.05, 0) is 43.4 Å². The van der Waals surface area contributed by atoms with Crippen LogP contribution in [0.2, 0.25) is 0 Å². The molecule has 5 rings (SSSR count). The van der Waals surface area contributed by atoms with E-state index in [2.05, 4.69) is 41.0 Å². The zero-order valence-corrected chi connectivity index (χ0v) is 23.2. The SMILES string of the molecule is C.CC.O=C(Nc1ccccc1)Nc1cccc2c1C[N+]1(CCC(Cc3cc[c-]cc3)CC1)C2.[Y]. The van der Waals surface area contributed by atoms with Crippen LogP contribution in [-0.4, -0.2) is 23.6 Å². The summed E-state index contributed by atoms with van der Waals surface area (Å²) in [5, 5.41) is 6.02. The Kier molecular flexibility index (Phi) is 11.6. The molecule has 4 nitrogen and oxygen atoms in total. The van der Waals surface area contributed by atoms with Crippen LogP contribution in [0.15, 0.2) is 72.8 Å². The van der Waals surface area contributed by atoms with Crippen LogP contribution in [0.1, 0.15) is 50.8 Å². The fraction of sp³-hybridized carbons (Fsp3) is 0.367. The number of carbonyl (C=O) groups is 1. The molecule has 2 aliphatic heterocycles. The molecule has 2 amide bonds. The van der Waals surface area contributed by atoms with Crippen LogP contribution in [0.25, 0.3) is 0 Å². The summed E-state index contributed by atoms with van der Waals surface area (Å²) in [5.41, 5.74) is 5.87. The smallest absolute Gasteiger partial charge is 0.316 e. The molecule has 35 heavy (non-hydrogen) atoms. The number of urea groups is 1. The van der Waals surface area contributed by atoms with Gasteiger partial charge in [-0.3, -0.25) is 0 Å². The Labute approximate surface area is 237 Å². The summed E-state index contributed by atoms with van der Waals surface area (Å²) in [5.74, 6) is 0.768. The summed E-state index contributed by atoms with van der Waals surface area (Å²) in [6.07, 6.45) is 3.71. The molecule has 5 heteroatoms. The number of rotatable bonds is 4. The third-order valence-electron chi connectivity index (χ3n) is 6.89. The van der Waals surface area contributed by atoms with Crippen molar-refractivity contribution in [2.75, 3.05) is 23.7 Å². The first-order chi connectivity index (χ1) is 16.2. The van der Waals surface area contributed by atoms with Crippen LogP contribution < -0.4 is 10.6 Å². The molecule has 183 valence electrons. The molecule has 2 N–H and O–H groups in total. The van der Waals surface area contributed by atoms with E-state index >= 15 is 0 Å². The van der Waals surface area contributed by atoms with Gasteiger partial charge in [-0.25, -0.2) is 4.79 Å². The van der Waals surface area contributed by atoms with Crippen molar-refractivity contribution in [2.45, 2.75) is 53.6 Å². The van der Waals surface area contributed by atoms with Crippen molar-refractivity contribution in [3.63, 3.8) is 0 Å². The molecular formula is C30H39N3OY. The van der Waals surface area contributed by atoms with Gasteiger partial charge in [0, 0.05) is 49.5 Å². The van der Waals surface area contributed by atoms with Crippen molar-refractivity contribution in [3.05, 3.63) is 95.6 Å². The summed E-state index contributed by atoms with van der Waals surface area (Å²) in [7, 11) is 0. The molecular weight excluding hydrogens is 507 g/mol. The Hall–Kier alpha value is -2.01. The summed E-state index contributed by atoms with van der Waals surface area (Å²) in [4.78, 5) is 12.5. The zero-order chi connectivity index (χ0) is 23.1. The van der Waals surface area contributed by atoms with Gasteiger partial charge >= 0.3 is 6.03 Å². The Bertz CT molecular complexity index is 1050. The molecule has 3 aromatic carbocycles. The van der Waals surface area contributed by atoms with Crippen LogP contribution in [0.5, 0.6) is 0 Å². The quantitative estimate of drug-likeness (QED) is 0.262. The van der Waals surface area contributed by atoms with E-state index in [1.807, 2.05) is 62.4 Å². The van der Waals surface area contributed by atoms with Gasteiger partial charge in [0.2, 0.25) is 0 Å². The normalized spacial score (nSPS) is 19.8. The minimum Gasteiger partial charge on any atom is -0.316 e. The maximum absolute atomic E-state index is 12.5. The molecule has 0 atom stereocenters. The number of benzene rings is 3. The van der Waals surface area contributed by atoms with Crippen molar-refractivity contribution in [3.8, 4) is 0 Å². The average molecular weight is 547 g/mol. The number of anilines is 2. The number of nitrogens with one attached hydrogen (secondary N) is 2. The topological polar surface area (TPSA) is 41.1 Å². The maximum atomic E-state index is 12.5. The Morgan fingerprint density at radius 3 is 2.29 bits per heavy atom. The number of hydrogen-bond acceptors (Lipinski definition) is 1. The van der Waals surface area contributed by atoms with E-state index in [-0.39, 0.29) is 46.2 Å². The maximum Gasteiger partial charge on any atom is 0.323 e. The minimum atomic E-state index is -0.183. The number of fused-ring (bicyclic) bond motifs is 1. The van der Waals surface area contributed by atoms with E-state index in [0.29, 0.717) is 0 Å². The van der Waals surface area contributed by atoms with Gasteiger partial charge in [0.25, 0.3) is 0 Å². The third kappa shape index (κ3) is 7.49. The zero-order valence-electron chi connectivity index (χ0n) is 20.4. The molecule has 1 spiro atoms. The van der Waals surface area contributed by atoms with Crippen molar-refractivity contribution in [1.82, 2.24) is 0 Å². The molecule has 3 aromatic rings. The number of quaternary nitrogens is 1. The van der Waals surface area contributed by atoms with Gasteiger partial charge in [-0.2, -0.15) is 35.9 Å². The average Bonchev–Trinajstić information content (AvgIpc) is 3.22. The molecule has 0 unspecified atom stereocenters. The predicted molar refractivity (Wildman–Crippen MR) is 143 cm³/mol. The van der Waals surface area contributed by atoms with Crippen LogP contribution in [-0.2, 0) is 52.2 Å². The van der Waals surface area contributed by atoms with Gasteiger partial charge in [0.05, 0.1) is 18.8 Å². The standard InChI is InChI=1S/C27H29N3O.C2H6.CH4.Y/c31-27(28-24-11-5-2-6-12-24)29-26-13-7-10-23-19-30(20-25(23)26)16-14-22(15-17-30)18-21-8-3-1-4-9-21;1-2;;/h2-13,22H,14-20H2,(H2,28,29,31);1-2H3;1H4;. The third-order valence-corrected chi connectivity index (χ3v) is 6.89. The molecule has 0 aromatic heterocycles. The molecule has 2 heterocycles. The van der Waals surface area contributed by atoms with Crippen LogP contribution in [0.3, 0.4) is 0 Å². The van der Waals surface area contributed by atoms with E-state index in [4.69, 9.17) is 0 Å². The summed E-state index contributed by atoms with van der Waals surface area (Å²) >= 11 is 0. The number of amides is 2. The van der Waals surface area contributed by atoms with Crippen LogP contribution in [0, 0.1) is 12.0 Å². The molecule has 0 bridgehead atoms. The Balaban J connectivity index is 0.00000105. The van der Waals surface area contributed by atoms with E-state index in [0.717, 1.165) is 34.9 Å². The van der Waals surface area contributed by atoms with Crippen LogP contribution in [0.4, 0.5) is 16.2 Å². The molecule has 0 saturated carbocycles. The minimum absolute atomic E-state index is 0. The molecule has 1 saturated heterocycles. The van der Waals surface area contributed by atoms with Crippen molar-refractivity contribution in [2.24, 2.45) is 5.92 Å². The second kappa shape index (κ2) is 13.9. The van der Waals surface area contributed by atoms with E-state index in [9.17, 15) is 4.79 Å². The summed E-state index contributed by atoms with van der Waals surface area (Å²) in [6.45, 7) is 8.53. The summed E-state index contributed by atoms with van der Waals surface area (Å²) in [6, 6.07) is 27.3. The number of carbonyl (C=O) groups excluding carboxylic acids is 1. The second-order valence-corrected chi connectivity index (χ2v) is 9.05. The summed E-state index contributed by atoms with van der Waals surface area (Å²) < 4.78 is 1.13. The van der Waals surface area contributed by atoms with Gasteiger partial charge in [-0.15, -0.1) is 0 Å². The van der Waals surface area contributed by atoms with Gasteiger partial charge in [0.15, 0.2) is 0 Å². The number of nitrogens with zero attached hydrogens (tertiary/aromatic N) is 1. The van der Waals surface area contributed by atoms with Crippen molar-refractivity contribution in [1.29, 1.82) is 0 Å². The Morgan fingerprint density at radius 1 is 0.914 bits per heavy atom. The van der Waals surface area contributed by atoms with E-state index < -0.39 is 0 Å². The Morgan fingerprint density at radius 2 is 1.60 bits per heavy atom.